The second-order valence-corrected chi connectivity index (χ2v) is 12.7. The number of hydrogen-bond donors (Lipinski definition) is 4. The molecule has 10 heteroatoms. The summed E-state index contributed by atoms with van der Waals surface area (Å²) in [6.45, 7) is 7.24. The van der Waals surface area contributed by atoms with Gasteiger partial charge in [-0.3, -0.25) is 9.99 Å². The molecule has 1 atom stereocenters. The zero-order valence-corrected chi connectivity index (χ0v) is 23.9. The molecule has 38 heavy (non-hydrogen) atoms. The first-order chi connectivity index (χ1) is 18.3. The van der Waals surface area contributed by atoms with Crippen LogP contribution in [0.1, 0.15) is 50.8 Å². The van der Waals surface area contributed by atoms with Crippen molar-refractivity contribution in [3.05, 3.63) is 69.5 Å². The lowest BCUT2D eigenvalue weighted by Crippen LogP contribution is -2.38. The van der Waals surface area contributed by atoms with Crippen molar-refractivity contribution in [3.63, 3.8) is 0 Å². The lowest BCUT2D eigenvalue weighted by molar-refractivity contribution is 0.260. The third-order valence-electron chi connectivity index (χ3n) is 6.71. The highest BCUT2D eigenvalue weighted by molar-refractivity contribution is 9.10. The topological polar surface area (TPSA) is 101 Å². The van der Waals surface area contributed by atoms with E-state index < -0.39 is 0 Å². The van der Waals surface area contributed by atoms with Crippen molar-refractivity contribution in [2.45, 2.75) is 45.7 Å². The minimum absolute atomic E-state index is 0.0506. The van der Waals surface area contributed by atoms with E-state index in [9.17, 15) is 5.26 Å². The van der Waals surface area contributed by atoms with Crippen LogP contribution < -0.4 is 21.6 Å². The van der Waals surface area contributed by atoms with Crippen LogP contribution in [0.4, 0.5) is 11.4 Å². The van der Waals surface area contributed by atoms with Crippen LogP contribution in [0.5, 0.6) is 0 Å². The molecule has 4 N–H and O–H groups in total. The summed E-state index contributed by atoms with van der Waals surface area (Å²) in [5.74, 6) is 0. The van der Waals surface area contributed by atoms with Crippen molar-refractivity contribution in [1.82, 2.24) is 25.9 Å². The Labute approximate surface area is 234 Å². The van der Waals surface area contributed by atoms with E-state index in [2.05, 4.69) is 110 Å². The van der Waals surface area contributed by atoms with Gasteiger partial charge in [-0.05, 0) is 57.9 Å². The molecule has 0 saturated heterocycles. The first-order valence-electron chi connectivity index (χ1n) is 12.7. The maximum atomic E-state index is 9.85. The average Bonchev–Trinajstić information content (AvgIpc) is 3.41. The third-order valence-corrected chi connectivity index (χ3v) is 8.20. The number of pyridine rings is 1. The smallest absolute Gasteiger partial charge is 0.103 e. The Morgan fingerprint density at radius 2 is 2.11 bits per heavy atom. The number of benzene rings is 2. The van der Waals surface area contributed by atoms with Gasteiger partial charge >= 0.3 is 0 Å². The van der Waals surface area contributed by atoms with Gasteiger partial charge in [-0.15, -0.1) is 16.9 Å². The van der Waals surface area contributed by atoms with Crippen LogP contribution in [-0.4, -0.2) is 27.6 Å². The van der Waals surface area contributed by atoms with E-state index in [-0.39, 0.29) is 11.5 Å². The Morgan fingerprint density at radius 1 is 1.26 bits per heavy atom. The molecule has 1 aliphatic carbocycles. The molecule has 0 bridgehead atoms. The zero-order valence-electron chi connectivity index (χ0n) is 21.5. The van der Waals surface area contributed by atoms with Gasteiger partial charge in [0.25, 0.3) is 0 Å². The van der Waals surface area contributed by atoms with Crippen molar-refractivity contribution in [2.75, 3.05) is 17.2 Å². The number of thiazole rings is 1. The van der Waals surface area contributed by atoms with Crippen molar-refractivity contribution in [3.8, 4) is 6.07 Å². The number of nitrogens with one attached hydrogen (secondary N) is 4. The number of hydrazine groups is 2. The summed E-state index contributed by atoms with van der Waals surface area (Å²) in [6.07, 6.45) is 6.19. The molecule has 0 spiro atoms. The third kappa shape index (κ3) is 4.89. The van der Waals surface area contributed by atoms with Crippen molar-refractivity contribution >= 4 is 59.8 Å². The molecular formula is C28H29BrN8S. The molecule has 3 heterocycles. The normalized spacial score (nSPS) is 16.3. The molecule has 4 aromatic rings. The van der Waals surface area contributed by atoms with Crippen molar-refractivity contribution < 1.29 is 0 Å². The van der Waals surface area contributed by atoms with E-state index in [1.165, 1.54) is 12.8 Å². The predicted octanol–water partition coefficient (Wildman–Crippen LogP) is 6.42. The summed E-state index contributed by atoms with van der Waals surface area (Å²) in [5, 5.41) is 20.2. The molecule has 2 aromatic heterocycles. The second kappa shape index (κ2) is 9.73. The van der Waals surface area contributed by atoms with Gasteiger partial charge in [-0.25, -0.2) is 4.98 Å². The highest BCUT2D eigenvalue weighted by Gasteiger charge is 2.33. The highest BCUT2D eigenvalue weighted by atomic mass is 79.9. The number of aromatic nitrogens is 2. The van der Waals surface area contributed by atoms with Crippen LogP contribution in [0.15, 0.2) is 58.4 Å². The molecule has 1 saturated carbocycles. The molecule has 1 fully saturated rings. The van der Waals surface area contributed by atoms with E-state index >= 15 is 0 Å². The fourth-order valence-corrected chi connectivity index (χ4v) is 6.03. The summed E-state index contributed by atoms with van der Waals surface area (Å²) in [5.41, 5.74) is 14.9. The van der Waals surface area contributed by atoms with Gasteiger partial charge in [0.2, 0.25) is 0 Å². The highest BCUT2D eigenvalue weighted by Crippen LogP contribution is 2.39. The van der Waals surface area contributed by atoms with E-state index in [4.69, 9.17) is 0 Å². The van der Waals surface area contributed by atoms with Gasteiger partial charge in [-0.1, -0.05) is 32.9 Å². The summed E-state index contributed by atoms with van der Waals surface area (Å²) in [6, 6.07) is 13.1. The quantitative estimate of drug-likeness (QED) is 0.196. The number of nitrogens with zero attached hydrogens (tertiary/aromatic N) is 4. The van der Waals surface area contributed by atoms with Gasteiger partial charge in [0, 0.05) is 40.5 Å². The minimum Gasteiger partial charge on any atom is -0.383 e. The summed E-state index contributed by atoms with van der Waals surface area (Å²) in [4.78, 5) is 9.14. The number of hydrogen-bond acceptors (Lipinski definition) is 9. The van der Waals surface area contributed by atoms with Crippen LogP contribution in [0, 0.1) is 16.7 Å². The van der Waals surface area contributed by atoms with E-state index in [0.717, 1.165) is 54.8 Å². The molecule has 194 valence electrons. The Balaban J connectivity index is 1.44. The van der Waals surface area contributed by atoms with Gasteiger partial charge in [0.05, 0.1) is 44.2 Å². The molecule has 6 rings (SSSR count). The lowest BCUT2D eigenvalue weighted by Gasteiger charge is -2.24. The van der Waals surface area contributed by atoms with E-state index in [0.29, 0.717) is 11.6 Å². The number of anilines is 2. The Bertz CT molecular complexity index is 1590. The fourth-order valence-electron chi connectivity index (χ4n) is 4.64. The van der Waals surface area contributed by atoms with Gasteiger partial charge in [0.1, 0.15) is 6.07 Å². The fraction of sp³-hybridized carbons (Fsp3) is 0.321. The largest absolute Gasteiger partial charge is 0.383 e. The first-order valence-corrected chi connectivity index (χ1v) is 14.3. The number of fused-ring (bicyclic) bond motifs is 2. The molecule has 8 nitrogen and oxygen atoms in total. The van der Waals surface area contributed by atoms with Crippen LogP contribution in [-0.2, 0) is 0 Å². The van der Waals surface area contributed by atoms with Gasteiger partial charge < -0.3 is 16.1 Å². The number of nitriles is 1. The van der Waals surface area contributed by atoms with Crippen LogP contribution in [0.25, 0.3) is 21.1 Å². The van der Waals surface area contributed by atoms with Crippen LogP contribution in [0.2, 0.25) is 0 Å². The Hall–Kier alpha value is -3.39. The number of rotatable bonds is 7. The summed E-state index contributed by atoms with van der Waals surface area (Å²) in [7, 11) is 0. The van der Waals surface area contributed by atoms with Gasteiger partial charge in [0.15, 0.2) is 0 Å². The number of halogens is 1. The van der Waals surface area contributed by atoms with Crippen LogP contribution >= 0.6 is 27.3 Å². The Morgan fingerprint density at radius 3 is 2.87 bits per heavy atom. The SMILES string of the molecule is CC(C)(C)CNc1c(C#N)cnc2c(Br)cc(N[C@H](C3=CN(C4CC4)NN3)c3cccc4ncsc34)cc12. The van der Waals surface area contributed by atoms with Gasteiger partial charge in [-0.2, -0.15) is 5.26 Å². The monoisotopic (exact) mass is 588 g/mol. The van der Waals surface area contributed by atoms with Crippen LogP contribution in [0.3, 0.4) is 0 Å². The average molecular weight is 590 g/mol. The minimum atomic E-state index is -0.155. The van der Waals surface area contributed by atoms with E-state index in [1.807, 2.05) is 11.6 Å². The maximum absolute atomic E-state index is 9.85. The lowest BCUT2D eigenvalue weighted by atomic mass is 9.96. The molecular weight excluding hydrogens is 560 g/mol. The summed E-state index contributed by atoms with van der Waals surface area (Å²) < 4.78 is 2.01. The predicted molar refractivity (Wildman–Crippen MR) is 157 cm³/mol. The molecule has 0 unspecified atom stereocenters. The summed E-state index contributed by atoms with van der Waals surface area (Å²) >= 11 is 5.39. The van der Waals surface area contributed by atoms with Crippen molar-refractivity contribution in [2.24, 2.45) is 5.41 Å². The van der Waals surface area contributed by atoms with E-state index in [1.54, 1.807) is 17.5 Å². The second-order valence-electron chi connectivity index (χ2n) is 11.0. The molecule has 2 aromatic carbocycles. The standard InChI is InChI=1S/C28H29BrN8S/c1-28(2,3)14-32-24-16(11-30)12-31-25-20(24)9-17(10-21(25)29)34-26(23-13-37(36-35-23)18-7-8-18)19-5-4-6-22-27(19)38-15-33-22/h4-6,9-10,12-13,15,18,26,34-36H,7-8,14H2,1-3H3,(H,31,32)/t26-/m0/s1. The first kappa shape index (κ1) is 24.9. The molecule has 0 radical (unpaired) electrons. The molecule has 1 aliphatic heterocycles. The zero-order chi connectivity index (χ0) is 26.4. The maximum Gasteiger partial charge on any atom is 0.103 e. The Kier molecular flexibility index (Phi) is 6.38. The van der Waals surface area contributed by atoms with Crippen molar-refractivity contribution in [1.29, 1.82) is 5.26 Å². The molecule has 2 aliphatic rings. The molecule has 0 amide bonds.